The monoisotopic (exact) mass is 257 g/mol. The highest BCUT2D eigenvalue weighted by molar-refractivity contribution is 7.19. The van der Waals surface area contributed by atoms with Gasteiger partial charge in [-0.05, 0) is 30.2 Å². The van der Waals surface area contributed by atoms with Gasteiger partial charge in [-0.3, -0.25) is 0 Å². The molecule has 0 saturated carbocycles. The average Bonchev–Trinajstić information content (AvgIpc) is 2.99. The third-order valence-electron chi connectivity index (χ3n) is 3.23. The van der Waals surface area contributed by atoms with Crippen LogP contribution in [0.4, 0.5) is 0 Å². The molecule has 1 aliphatic rings. The minimum atomic E-state index is 0.834. The highest BCUT2D eigenvalue weighted by Crippen LogP contribution is 2.27. The first-order chi connectivity index (χ1) is 8.90. The Bertz CT molecular complexity index is 686. The first-order valence-electron chi connectivity index (χ1n) is 5.90. The Hall–Kier alpha value is -1.79. The number of rotatable bonds is 1. The summed E-state index contributed by atoms with van der Waals surface area (Å²) < 4.78 is 1.72. The van der Waals surface area contributed by atoms with Crippen LogP contribution >= 0.6 is 11.3 Å². The van der Waals surface area contributed by atoms with Crippen LogP contribution in [0.5, 0.6) is 0 Å². The van der Waals surface area contributed by atoms with Crippen LogP contribution in [0.15, 0.2) is 24.5 Å². The van der Waals surface area contributed by atoms with E-state index in [0.29, 0.717) is 0 Å². The van der Waals surface area contributed by atoms with Crippen LogP contribution < -0.4 is 5.32 Å². The SMILES string of the molecule is c1cc2c(cc1-c1nn3cnnc3s1)CNCC2. The Balaban J connectivity index is 1.82. The fourth-order valence-corrected chi connectivity index (χ4v) is 3.11. The van der Waals surface area contributed by atoms with Crippen LogP contribution in [0.3, 0.4) is 0 Å². The van der Waals surface area contributed by atoms with E-state index in [9.17, 15) is 0 Å². The van der Waals surface area contributed by atoms with Gasteiger partial charge in [0.2, 0.25) is 4.96 Å². The molecule has 0 saturated heterocycles. The number of fused-ring (bicyclic) bond motifs is 2. The van der Waals surface area contributed by atoms with Crippen molar-refractivity contribution in [3.8, 4) is 10.6 Å². The molecule has 0 atom stereocenters. The van der Waals surface area contributed by atoms with Crippen LogP contribution in [0.2, 0.25) is 0 Å². The van der Waals surface area contributed by atoms with E-state index in [1.54, 1.807) is 22.2 Å². The van der Waals surface area contributed by atoms with Crippen LogP contribution in [-0.4, -0.2) is 26.4 Å². The molecule has 0 bridgehead atoms. The molecule has 0 radical (unpaired) electrons. The zero-order chi connectivity index (χ0) is 11.9. The highest BCUT2D eigenvalue weighted by atomic mass is 32.1. The second-order valence-corrected chi connectivity index (χ2v) is 5.33. The van der Waals surface area contributed by atoms with E-state index in [4.69, 9.17) is 0 Å². The smallest absolute Gasteiger partial charge is 0.234 e. The van der Waals surface area contributed by atoms with Crippen molar-refractivity contribution in [2.75, 3.05) is 6.54 Å². The van der Waals surface area contributed by atoms with E-state index in [-0.39, 0.29) is 0 Å². The Kier molecular flexibility index (Phi) is 2.18. The number of nitrogens with zero attached hydrogens (tertiary/aromatic N) is 4. The maximum atomic E-state index is 4.48. The molecule has 1 N–H and O–H groups in total. The summed E-state index contributed by atoms with van der Waals surface area (Å²) in [4.78, 5) is 0.834. The number of hydrogen-bond donors (Lipinski definition) is 1. The second-order valence-electron chi connectivity index (χ2n) is 4.38. The summed E-state index contributed by atoms with van der Waals surface area (Å²) >= 11 is 1.57. The van der Waals surface area contributed by atoms with Gasteiger partial charge < -0.3 is 5.32 Å². The molecular formula is C12H11N5S. The third-order valence-corrected chi connectivity index (χ3v) is 4.19. The van der Waals surface area contributed by atoms with Gasteiger partial charge in [0.15, 0.2) is 0 Å². The van der Waals surface area contributed by atoms with Gasteiger partial charge in [-0.2, -0.15) is 9.61 Å². The molecule has 0 aliphatic carbocycles. The van der Waals surface area contributed by atoms with Gasteiger partial charge in [-0.25, -0.2) is 0 Å². The predicted octanol–water partition coefficient (Wildman–Crippen LogP) is 1.50. The highest BCUT2D eigenvalue weighted by Gasteiger charge is 2.12. The second kappa shape index (κ2) is 3.86. The minimum Gasteiger partial charge on any atom is -0.312 e. The maximum Gasteiger partial charge on any atom is 0.234 e. The molecule has 90 valence electrons. The molecule has 0 fully saturated rings. The van der Waals surface area contributed by atoms with Crippen molar-refractivity contribution in [1.29, 1.82) is 0 Å². The summed E-state index contributed by atoms with van der Waals surface area (Å²) in [6.07, 6.45) is 2.75. The van der Waals surface area contributed by atoms with Crippen LogP contribution in [0.25, 0.3) is 15.5 Å². The molecule has 1 aromatic carbocycles. The lowest BCUT2D eigenvalue weighted by atomic mass is 9.99. The van der Waals surface area contributed by atoms with Crippen LogP contribution in [0, 0.1) is 0 Å². The van der Waals surface area contributed by atoms with Gasteiger partial charge in [0.05, 0.1) is 0 Å². The molecule has 5 nitrogen and oxygen atoms in total. The topological polar surface area (TPSA) is 55.1 Å². The number of hydrogen-bond acceptors (Lipinski definition) is 5. The summed E-state index contributed by atoms with van der Waals surface area (Å²) in [6.45, 7) is 2.02. The van der Waals surface area contributed by atoms with Crippen molar-refractivity contribution < 1.29 is 0 Å². The zero-order valence-corrected chi connectivity index (χ0v) is 10.4. The zero-order valence-electron chi connectivity index (χ0n) is 9.63. The van der Waals surface area contributed by atoms with Crippen molar-refractivity contribution in [1.82, 2.24) is 25.1 Å². The molecule has 0 amide bonds. The summed E-state index contributed by atoms with van der Waals surface area (Å²) in [6, 6.07) is 6.59. The van der Waals surface area contributed by atoms with E-state index >= 15 is 0 Å². The molecule has 3 heterocycles. The molecule has 0 unspecified atom stereocenters. The lowest BCUT2D eigenvalue weighted by molar-refractivity contribution is 0.644. The number of nitrogens with one attached hydrogen (secondary N) is 1. The quantitative estimate of drug-likeness (QED) is 0.717. The van der Waals surface area contributed by atoms with Gasteiger partial charge >= 0.3 is 0 Å². The molecule has 18 heavy (non-hydrogen) atoms. The fourth-order valence-electron chi connectivity index (χ4n) is 2.29. The first kappa shape index (κ1) is 10.2. The first-order valence-corrected chi connectivity index (χ1v) is 6.71. The minimum absolute atomic E-state index is 0.834. The van der Waals surface area contributed by atoms with Gasteiger partial charge in [0, 0.05) is 12.1 Å². The lowest BCUT2D eigenvalue weighted by Crippen LogP contribution is -2.23. The Morgan fingerprint density at radius 1 is 1.28 bits per heavy atom. The van der Waals surface area contributed by atoms with Gasteiger partial charge in [0.1, 0.15) is 11.3 Å². The number of aromatic nitrogens is 4. The summed E-state index contributed by atoms with van der Waals surface area (Å²) in [5, 5.41) is 16.7. The van der Waals surface area contributed by atoms with E-state index in [1.807, 2.05) is 0 Å². The molecule has 4 rings (SSSR count). The third kappa shape index (κ3) is 1.53. The molecule has 1 aliphatic heterocycles. The molecule has 0 spiro atoms. The van der Waals surface area contributed by atoms with Crippen molar-refractivity contribution >= 4 is 16.3 Å². The lowest BCUT2D eigenvalue weighted by Gasteiger charge is -2.17. The Labute approximate surface area is 107 Å². The summed E-state index contributed by atoms with van der Waals surface area (Å²) in [5.74, 6) is 0. The Morgan fingerprint density at radius 2 is 2.28 bits per heavy atom. The summed E-state index contributed by atoms with van der Waals surface area (Å²) in [7, 11) is 0. The van der Waals surface area contributed by atoms with E-state index in [1.165, 1.54) is 11.1 Å². The average molecular weight is 257 g/mol. The van der Waals surface area contributed by atoms with Crippen molar-refractivity contribution in [3.05, 3.63) is 35.7 Å². The standard InChI is InChI=1S/C12H11N5S/c1-2-9(5-10-6-13-4-3-8(1)10)11-16-17-7-14-15-12(17)18-11/h1-2,5,7,13H,3-4,6H2. The van der Waals surface area contributed by atoms with Crippen molar-refractivity contribution in [2.45, 2.75) is 13.0 Å². The van der Waals surface area contributed by atoms with Gasteiger partial charge in [0.25, 0.3) is 0 Å². The van der Waals surface area contributed by atoms with Gasteiger partial charge in [-0.15, -0.1) is 10.2 Å². The van der Waals surface area contributed by atoms with Crippen molar-refractivity contribution in [2.24, 2.45) is 0 Å². The molecule has 3 aromatic rings. The number of benzene rings is 1. The summed E-state index contributed by atoms with van der Waals surface area (Å²) in [5.41, 5.74) is 3.98. The van der Waals surface area contributed by atoms with Crippen molar-refractivity contribution in [3.63, 3.8) is 0 Å². The van der Waals surface area contributed by atoms with E-state index in [0.717, 1.165) is 35.0 Å². The van der Waals surface area contributed by atoms with Gasteiger partial charge in [-0.1, -0.05) is 23.5 Å². The van der Waals surface area contributed by atoms with Crippen LogP contribution in [0.1, 0.15) is 11.1 Å². The fraction of sp³-hybridized carbons (Fsp3) is 0.250. The largest absolute Gasteiger partial charge is 0.312 e. The van der Waals surface area contributed by atoms with E-state index < -0.39 is 0 Å². The normalized spacial score (nSPS) is 14.9. The predicted molar refractivity (Wildman–Crippen MR) is 69.5 cm³/mol. The molecule has 6 heteroatoms. The van der Waals surface area contributed by atoms with E-state index in [2.05, 4.69) is 38.8 Å². The molecule has 2 aromatic heterocycles. The maximum absolute atomic E-state index is 4.48. The van der Waals surface area contributed by atoms with Crippen LogP contribution in [-0.2, 0) is 13.0 Å². The Morgan fingerprint density at radius 3 is 3.22 bits per heavy atom. The molecular weight excluding hydrogens is 246 g/mol.